The highest BCUT2D eigenvalue weighted by Gasteiger charge is 2.31. The summed E-state index contributed by atoms with van der Waals surface area (Å²) >= 11 is 7.29. The number of benzene rings is 2. The number of likely N-dealkylation sites (N-methyl/N-ethyl adjacent to an activating group) is 1. The number of hydrogen-bond acceptors (Lipinski definition) is 5. The Bertz CT molecular complexity index is 969. The van der Waals surface area contributed by atoms with Gasteiger partial charge in [0.2, 0.25) is 17.7 Å². The van der Waals surface area contributed by atoms with Crippen LogP contribution in [0.2, 0.25) is 5.02 Å². The summed E-state index contributed by atoms with van der Waals surface area (Å²) in [4.78, 5) is 39.9. The van der Waals surface area contributed by atoms with Gasteiger partial charge in [-0.05, 0) is 37.3 Å². The lowest BCUT2D eigenvalue weighted by atomic mass is 10.2. The van der Waals surface area contributed by atoms with E-state index in [0.29, 0.717) is 28.7 Å². The highest BCUT2D eigenvalue weighted by molar-refractivity contribution is 8.01. The van der Waals surface area contributed by atoms with Crippen molar-refractivity contribution in [2.24, 2.45) is 0 Å². The van der Waals surface area contributed by atoms with Gasteiger partial charge >= 0.3 is 0 Å². The van der Waals surface area contributed by atoms with Crippen LogP contribution in [0.25, 0.3) is 0 Å². The molecule has 3 amide bonds. The van der Waals surface area contributed by atoms with Gasteiger partial charge in [0.15, 0.2) is 0 Å². The second-order valence-electron chi connectivity index (χ2n) is 6.60. The number of amides is 3. The molecule has 158 valence electrons. The third-order valence-corrected chi connectivity index (χ3v) is 6.08. The molecule has 1 aliphatic heterocycles. The molecule has 0 aliphatic carbocycles. The average Bonchev–Trinajstić information content (AvgIpc) is 2.73. The first-order chi connectivity index (χ1) is 14.4. The summed E-state index contributed by atoms with van der Waals surface area (Å²) in [5.41, 5.74) is 1.18. The molecule has 0 saturated carbocycles. The van der Waals surface area contributed by atoms with Crippen LogP contribution in [0.15, 0.2) is 47.4 Å². The molecular weight excluding hydrogens is 426 g/mol. The maximum absolute atomic E-state index is 12.8. The van der Waals surface area contributed by atoms with Crippen LogP contribution < -0.4 is 15.4 Å². The van der Waals surface area contributed by atoms with Gasteiger partial charge in [0.1, 0.15) is 5.75 Å². The first kappa shape index (κ1) is 22.0. The quantitative estimate of drug-likeness (QED) is 0.676. The number of hydrogen-bond donors (Lipinski definition) is 2. The first-order valence-corrected chi connectivity index (χ1v) is 10.6. The minimum Gasteiger partial charge on any atom is -0.495 e. The number of thioether (sulfide) groups is 1. The van der Waals surface area contributed by atoms with E-state index in [9.17, 15) is 14.4 Å². The summed E-state index contributed by atoms with van der Waals surface area (Å²) in [5, 5.41) is 5.51. The normalized spacial score (nSPS) is 15.0. The number of ether oxygens (including phenoxy) is 1. The number of nitrogens with one attached hydrogen (secondary N) is 2. The Hall–Kier alpha value is -2.71. The molecule has 0 unspecified atom stereocenters. The van der Waals surface area contributed by atoms with Crippen LogP contribution in [0.1, 0.15) is 13.3 Å². The van der Waals surface area contributed by atoms with Crippen molar-refractivity contribution in [1.82, 2.24) is 4.90 Å². The maximum atomic E-state index is 12.8. The molecule has 0 fully saturated rings. The van der Waals surface area contributed by atoms with Crippen molar-refractivity contribution in [3.05, 3.63) is 47.5 Å². The van der Waals surface area contributed by atoms with Crippen LogP contribution in [-0.4, -0.2) is 48.1 Å². The summed E-state index contributed by atoms with van der Waals surface area (Å²) in [7, 11) is 1.52. The van der Waals surface area contributed by atoms with Gasteiger partial charge in [0.25, 0.3) is 0 Å². The molecular formula is C21H22ClN3O4S. The predicted octanol–water partition coefficient (Wildman–Crippen LogP) is 3.64. The zero-order chi connectivity index (χ0) is 21.7. The largest absolute Gasteiger partial charge is 0.495 e. The van der Waals surface area contributed by atoms with Crippen molar-refractivity contribution in [1.29, 1.82) is 0 Å². The molecule has 0 bridgehead atoms. The molecule has 0 aromatic heterocycles. The van der Waals surface area contributed by atoms with Gasteiger partial charge in [-0.15, -0.1) is 11.8 Å². The predicted molar refractivity (Wildman–Crippen MR) is 118 cm³/mol. The molecule has 7 nitrogen and oxygen atoms in total. The number of nitrogens with zero attached hydrogens (tertiary/aromatic N) is 1. The Morgan fingerprint density at radius 2 is 2.03 bits per heavy atom. The molecule has 1 heterocycles. The van der Waals surface area contributed by atoms with E-state index in [1.807, 2.05) is 6.07 Å². The summed E-state index contributed by atoms with van der Waals surface area (Å²) < 4.78 is 5.22. The molecule has 3 rings (SSSR count). The highest BCUT2D eigenvalue weighted by Crippen LogP contribution is 2.38. The van der Waals surface area contributed by atoms with Crippen LogP contribution >= 0.6 is 23.4 Å². The Kier molecular flexibility index (Phi) is 7.23. The Morgan fingerprint density at radius 3 is 2.77 bits per heavy atom. The summed E-state index contributed by atoms with van der Waals surface area (Å²) in [5.74, 6) is -0.319. The molecule has 30 heavy (non-hydrogen) atoms. The zero-order valence-corrected chi connectivity index (χ0v) is 18.2. The number of halogens is 1. The van der Waals surface area contributed by atoms with Crippen LogP contribution in [-0.2, 0) is 14.4 Å². The molecule has 1 aliphatic rings. The first-order valence-electron chi connectivity index (χ1n) is 9.39. The van der Waals surface area contributed by atoms with Gasteiger partial charge in [0.05, 0.1) is 30.3 Å². The Balaban J connectivity index is 1.61. The standard InChI is InChI=1S/C21H22ClN3O4S/c1-3-25(12-19(26)23-14-6-4-5-7-16(14)29-2)20(27)11-18-21(28)24-15-10-13(22)8-9-17(15)30-18/h4-10,18H,3,11-12H2,1-2H3,(H,23,26)(H,24,28)/t18-/m1/s1. The number of anilines is 2. The SMILES string of the molecule is CCN(CC(=O)Nc1ccccc1OC)C(=O)C[C@H]1Sc2ccc(Cl)cc2NC1=O. The number of fused-ring (bicyclic) bond motifs is 1. The van der Waals surface area contributed by atoms with Crippen LogP contribution in [0, 0.1) is 0 Å². The van der Waals surface area contributed by atoms with Gasteiger partial charge in [-0.2, -0.15) is 0 Å². The second-order valence-corrected chi connectivity index (χ2v) is 8.28. The van der Waals surface area contributed by atoms with Gasteiger partial charge < -0.3 is 20.3 Å². The Labute approximate surface area is 184 Å². The highest BCUT2D eigenvalue weighted by atomic mass is 35.5. The van der Waals surface area contributed by atoms with E-state index >= 15 is 0 Å². The molecule has 9 heteroatoms. The molecule has 2 aromatic carbocycles. The van der Waals surface area contributed by atoms with Gasteiger partial charge in [-0.3, -0.25) is 14.4 Å². The van der Waals surface area contributed by atoms with Crippen LogP contribution in [0.3, 0.4) is 0 Å². The van der Waals surface area contributed by atoms with Crippen molar-refractivity contribution in [3.8, 4) is 5.75 Å². The van der Waals surface area contributed by atoms with Crippen molar-refractivity contribution in [3.63, 3.8) is 0 Å². The van der Waals surface area contributed by atoms with Crippen molar-refractivity contribution in [2.45, 2.75) is 23.5 Å². The molecule has 0 radical (unpaired) electrons. The smallest absolute Gasteiger partial charge is 0.244 e. The van der Waals surface area contributed by atoms with Gasteiger partial charge in [0, 0.05) is 22.9 Å². The van der Waals surface area contributed by atoms with E-state index < -0.39 is 5.25 Å². The number of para-hydroxylation sites is 2. The van der Waals surface area contributed by atoms with E-state index in [-0.39, 0.29) is 30.7 Å². The molecule has 0 spiro atoms. The fraction of sp³-hybridized carbons (Fsp3) is 0.286. The third kappa shape index (κ3) is 5.25. The third-order valence-electron chi connectivity index (χ3n) is 4.57. The number of carbonyl (C=O) groups excluding carboxylic acids is 3. The van der Waals surface area contributed by atoms with Gasteiger partial charge in [-0.25, -0.2) is 0 Å². The summed E-state index contributed by atoms with van der Waals surface area (Å²) in [6, 6.07) is 12.3. The van der Waals surface area contributed by atoms with E-state index in [0.717, 1.165) is 4.90 Å². The minimum atomic E-state index is -0.572. The van der Waals surface area contributed by atoms with Crippen LogP contribution in [0.4, 0.5) is 11.4 Å². The minimum absolute atomic E-state index is 0.00561. The average molecular weight is 448 g/mol. The maximum Gasteiger partial charge on any atom is 0.244 e. The molecule has 2 N–H and O–H groups in total. The monoisotopic (exact) mass is 447 g/mol. The summed E-state index contributed by atoms with van der Waals surface area (Å²) in [6.45, 7) is 2.03. The number of carbonyl (C=O) groups is 3. The van der Waals surface area contributed by atoms with Crippen molar-refractivity contribution in [2.75, 3.05) is 30.8 Å². The van der Waals surface area contributed by atoms with Gasteiger partial charge in [-0.1, -0.05) is 23.7 Å². The lowest BCUT2D eigenvalue weighted by molar-refractivity contribution is -0.135. The van der Waals surface area contributed by atoms with E-state index in [4.69, 9.17) is 16.3 Å². The number of rotatable bonds is 7. The van der Waals surface area contributed by atoms with Crippen LogP contribution in [0.5, 0.6) is 5.75 Å². The molecule has 0 saturated heterocycles. The van der Waals surface area contributed by atoms with E-state index in [1.54, 1.807) is 43.3 Å². The zero-order valence-electron chi connectivity index (χ0n) is 16.6. The fourth-order valence-corrected chi connectivity index (χ4v) is 4.29. The summed E-state index contributed by atoms with van der Waals surface area (Å²) in [6.07, 6.45) is -0.00561. The number of methoxy groups -OCH3 is 1. The van der Waals surface area contributed by atoms with Crippen molar-refractivity contribution >= 4 is 52.5 Å². The van der Waals surface area contributed by atoms with Crippen molar-refractivity contribution < 1.29 is 19.1 Å². The molecule has 1 atom stereocenters. The lowest BCUT2D eigenvalue weighted by Crippen LogP contribution is -2.41. The molecule has 2 aromatic rings. The van der Waals surface area contributed by atoms with E-state index in [1.165, 1.54) is 23.8 Å². The topological polar surface area (TPSA) is 87.7 Å². The Morgan fingerprint density at radius 1 is 1.27 bits per heavy atom. The second kappa shape index (κ2) is 9.86. The fourth-order valence-electron chi connectivity index (χ4n) is 3.03. The van der Waals surface area contributed by atoms with E-state index in [2.05, 4.69) is 10.6 Å². The lowest BCUT2D eigenvalue weighted by Gasteiger charge is -2.26.